The Morgan fingerprint density at radius 2 is 2.04 bits per heavy atom. The smallest absolute Gasteiger partial charge is 0.337 e. The molecule has 2 rings (SSSR count). The van der Waals surface area contributed by atoms with E-state index in [4.69, 9.17) is 4.74 Å². The van der Waals surface area contributed by atoms with Gasteiger partial charge in [0.15, 0.2) is 0 Å². The van der Waals surface area contributed by atoms with E-state index in [2.05, 4.69) is 15.6 Å². The number of carbonyl (C=O) groups excluding carboxylic acids is 3. The van der Waals surface area contributed by atoms with E-state index in [1.807, 2.05) is 6.26 Å². The predicted molar refractivity (Wildman–Crippen MR) is 102 cm³/mol. The SMILES string of the molecule is CCC(=O)Nc1cc(CNC(=O)c2csc(SC)n2)cc(C(=O)OC)c1. The molecule has 2 amide bonds. The van der Waals surface area contributed by atoms with Crippen LogP contribution in [0.25, 0.3) is 0 Å². The minimum Gasteiger partial charge on any atom is -0.465 e. The van der Waals surface area contributed by atoms with Crippen LogP contribution >= 0.6 is 23.1 Å². The van der Waals surface area contributed by atoms with E-state index in [0.29, 0.717) is 28.9 Å². The molecule has 26 heavy (non-hydrogen) atoms. The van der Waals surface area contributed by atoms with Crippen LogP contribution in [0.1, 0.15) is 39.8 Å². The van der Waals surface area contributed by atoms with Crippen molar-refractivity contribution in [3.05, 3.63) is 40.4 Å². The Morgan fingerprint density at radius 1 is 1.27 bits per heavy atom. The molecule has 1 aromatic carbocycles. The number of rotatable bonds is 7. The largest absolute Gasteiger partial charge is 0.465 e. The summed E-state index contributed by atoms with van der Waals surface area (Å²) in [6.45, 7) is 1.92. The van der Waals surface area contributed by atoms with Crippen LogP contribution in [-0.4, -0.2) is 36.1 Å². The van der Waals surface area contributed by atoms with Crippen molar-refractivity contribution in [2.45, 2.75) is 24.2 Å². The molecule has 0 saturated carbocycles. The molecule has 1 heterocycles. The van der Waals surface area contributed by atoms with Crippen LogP contribution in [0.3, 0.4) is 0 Å². The lowest BCUT2D eigenvalue weighted by Gasteiger charge is -2.10. The number of methoxy groups -OCH3 is 1. The van der Waals surface area contributed by atoms with Crippen molar-refractivity contribution in [2.24, 2.45) is 0 Å². The highest BCUT2D eigenvalue weighted by Gasteiger charge is 2.13. The number of thioether (sulfide) groups is 1. The standard InChI is InChI=1S/C17H19N3O4S2/c1-4-14(21)19-12-6-10(5-11(7-12)16(23)24-2)8-18-15(22)13-9-26-17(20-13)25-3/h5-7,9H,4,8H2,1-3H3,(H,18,22)(H,19,21). The number of hydrogen-bond acceptors (Lipinski definition) is 7. The van der Waals surface area contributed by atoms with E-state index in [-0.39, 0.29) is 18.4 Å². The molecule has 0 spiro atoms. The van der Waals surface area contributed by atoms with Crippen molar-refractivity contribution in [3.63, 3.8) is 0 Å². The molecular formula is C17H19N3O4S2. The Balaban J connectivity index is 2.15. The van der Waals surface area contributed by atoms with Crippen molar-refractivity contribution in [1.82, 2.24) is 10.3 Å². The first-order valence-electron chi connectivity index (χ1n) is 7.76. The van der Waals surface area contributed by atoms with Gasteiger partial charge >= 0.3 is 5.97 Å². The van der Waals surface area contributed by atoms with E-state index >= 15 is 0 Å². The van der Waals surface area contributed by atoms with Gasteiger partial charge in [-0.3, -0.25) is 9.59 Å². The van der Waals surface area contributed by atoms with Crippen LogP contribution in [0.15, 0.2) is 27.9 Å². The van der Waals surface area contributed by atoms with Crippen LogP contribution in [0.5, 0.6) is 0 Å². The molecule has 0 saturated heterocycles. The summed E-state index contributed by atoms with van der Waals surface area (Å²) in [7, 11) is 1.28. The van der Waals surface area contributed by atoms with E-state index in [9.17, 15) is 14.4 Å². The minimum absolute atomic E-state index is 0.172. The zero-order valence-electron chi connectivity index (χ0n) is 14.6. The Morgan fingerprint density at radius 3 is 2.65 bits per heavy atom. The van der Waals surface area contributed by atoms with Crippen LogP contribution in [0, 0.1) is 0 Å². The van der Waals surface area contributed by atoms with Crippen LogP contribution < -0.4 is 10.6 Å². The summed E-state index contributed by atoms with van der Waals surface area (Å²) in [5.41, 5.74) is 1.78. The number of aromatic nitrogens is 1. The number of nitrogens with zero attached hydrogens (tertiary/aromatic N) is 1. The summed E-state index contributed by atoms with van der Waals surface area (Å²) in [4.78, 5) is 39.9. The van der Waals surface area contributed by atoms with Gasteiger partial charge in [-0.1, -0.05) is 18.7 Å². The first-order chi connectivity index (χ1) is 12.5. The first-order valence-corrected chi connectivity index (χ1v) is 9.87. The number of ether oxygens (including phenoxy) is 1. The van der Waals surface area contributed by atoms with Crippen molar-refractivity contribution >= 4 is 46.6 Å². The van der Waals surface area contributed by atoms with Gasteiger partial charge in [0.1, 0.15) is 10.0 Å². The molecule has 138 valence electrons. The van der Waals surface area contributed by atoms with Crippen molar-refractivity contribution in [1.29, 1.82) is 0 Å². The highest BCUT2D eigenvalue weighted by Crippen LogP contribution is 2.20. The molecule has 0 unspecified atom stereocenters. The quantitative estimate of drug-likeness (QED) is 0.554. The molecule has 0 aliphatic heterocycles. The van der Waals surface area contributed by atoms with Gasteiger partial charge < -0.3 is 15.4 Å². The monoisotopic (exact) mass is 393 g/mol. The second-order valence-electron chi connectivity index (χ2n) is 5.20. The van der Waals surface area contributed by atoms with Crippen molar-refractivity contribution in [3.8, 4) is 0 Å². The van der Waals surface area contributed by atoms with Crippen molar-refractivity contribution < 1.29 is 19.1 Å². The minimum atomic E-state index is -0.519. The maximum atomic E-state index is 12.2. The zero-order valence-corrected chi connectivity index (χ0v) is 16.3. The van der Waals surface area contributed by atoms with E-state index in [1.54, 1.807) is 24.4 Å². The van der Waals surface area contributed by atoms with Gasteiger partial charge in [0.2, 0.25) is 5.91 Å². The summed E-state index contributed by atoms with van der Waals surface area (Å²) in [6, 6.07) is 4.85. The summed E-state index contributed by atoms with van der Waals surface area (Å²) in [5, 5.41) is 7.16. The number of benzene rings is 1. The summed E-state index contributed by atoms with van der Waals surface area (Å²) in [6.07, 6.45) is 2.21. The van der Waals surface area contributed by atoms with Crippen LogP contribution in [0.4, 0.5) is 5.69 Å². The lowest BCUT2D eigenvalue weighted by atomic mass is 10.1. The van der Waals surface area contributed by atoms with E-state index in [0.717, 1.165) is 4.34 Å². The Bertz CT molecular complexity index is 820. The highest BCUT2D eigenvalue weighted by atomic mass is 32.2. The fraction of sp³-hybridized carbons (Fsp3) is 0.294. The third-order valence-electron chi connectivity index (χ3n) is 3.36. The normalized spacial score (nSPS) is 10.3. The molecule has 0 radical (unpaired) electrons. The average molecular weight is 393 g/mol. The second-order valence-corrected chi connectivity index (χ2v) is 7.11. The summed E-state index contributed by atoms with van der Waals surface area (Å²) in [5.74, 6) is -0.993. The number of nitrogens with one attached hydrogen (secondary N) is 2. The molecular weight excluding hydrogens is 374 g/mol. The zero-order chi connectivity index (χ0) is 19.1. The Hall–Kier alpha value is -2.39. The van der Waals surface area contributed by atoms with Gasteiger partial charge in [0, 0.05) is 24.0 Å². The van der Waals surface area contributed by atoms with Gasteiger partial charge in [-0.25, -0.2) is 9.78 Å². The lowest BCUT2D eigenvalue weighted by molar-refractivity contribution is -0.115. The van der Waals surface area contributed by atoms with Crippen molar-refractivity contribution in [2.75, 3.05) is 18.7 Å². The number of anilines is 1. The lowest BCUT2D eigenvalue weighted by Crippen LogP contribution is -2.23. The number of hydrogen-bond donors (Lipinski definition) is 2. The topological polar surface area (TPSA) is 97.4 Å². The molecule has 2 aromatic rings. The Kier molecular flexibility index (Phi) is 7.16. The average Bonchev–Trinajstić information content (AvgIpc) is 3.14. The van der Waals surface area contributed by atoms with Gasteiger partial charge in [-0.2, -0.15) is 0 Å². The maximum absolute atomic E-state index is 12.2. The van der Waals surface area contributed by atoms with Crippen LogP contribution in [-0.2, 0) is 16.1 Å². The molecule has 2 N–H and O–H groups in total. The van der Waals surface area contributed by atoms with Crippen LogP contribution in [0.2, 0.25) is 0 Å². The number of esters is 1. The molecule has 7 nitrogen and oxygen atoms in total. The summed E-state index contributed by atoms with van der Waals surface area (Å²) >= 11 is 2.88. The van der Waals surface area contributed by atoms with E-state index in [1.165, 1.54) is 36.3 Å². The number of amides is 2. The van der Waals surface area contributed by atoms with E-state index < -0.39 is 5.97 Å². The molecule has 9 heteroatoms. The summed E-state index contributed by atoms with van der Waals surface area (Å²) < 4.78 is 5.55. The number of carbonyl (C=O) groups is 3. The molecule has 1 aromatic heterocycles. The predicted octanol–water partition coefficient (Wildman–Crippen LogP) is 2.93. The van der Waals surface area contributed by atoms with Gasteiger partial charge in [0.25, 0.3) is 5.91 Å². The molecule has 0 aliphatic carbocycles. The molecule has 0 aliphatic rings. The Labute approximate surface area is 159 Å². The highest BCUT2D eigenvalue weighted by molar-refractivity contribution is 8.00. The molecule has 0 bridgehead atoms. The van der Waals surface area contributed by atoms with Gasteiger partial charge in [0.05, 0.1) is 12.7 Å². The van der Waals surface area contributed by atoms with Gasteiger partial charge in [-0.05, 0) is 30.0 Å². The third-order valence-corrected chi connectivity index (χ3v) is 5.23. The fourth-order valence-corrected chi connectivity index (χ4v) is 3.32. The second kappa shape index (κ2) is 9.35. The maximum Gasteiger partial charge on any atom is 0.337 e. The van der Waals surface area contributed by atoms with Gasteiger partial charge in [-0.15, -0.1) is 11.3 Å². The third kappa shape index (κ3) is 5.30. The fourth-order valence-electron chi connectivity index (χ4n) is 2.08. The first kappa shape index (κ1) is 19.9. The molecule has 0 atom stereocenters. The number of thiazole rings is 1. The molecule has 0 fully saturated rings.